The molecule has 3 aromatic carbocycles. The van der Waals surface area contributed by atoms with Gasteiger partial charge < -0.3 is 15.6 Å². The molecule has 6 nitrogen and oxygen atoms in total. The fourth-order valence-electron chi connectivity index (χ4n) is 5.75. The smallest absolute Gasteiger partial charge is 0.236 e. The van der Waals surface area contributed by atoms with Gasteiger partial charge >= 0.3 is 0 Å². The molecule has 6 rings (SSSR count). The Labute approximate surface area is 261 Å². The second-order valence-electron chi connectivity index (χ2n) is 11.1. The fourth-order valence-corrected chi connectivity index (χ4v) is 6.26. The topological polar surface area (TPSA) is 85.8 Å². The predicted octanol–water partition coefficient (Wildman–Crippen LogP) is 8.44. The summed E-state index contributed by atoms with van der Waals surface area (Å²) in [6, 6.07) is 26.1. The molecule has 0 aliphatic heterocycles. The lowest BCUT2D eigenvalue weighted by Crippen LogP contribution is -2.21. The highest BCUT2D eigenvalue weighted by molar-refractivity contribution is 6.36. The van der Waals surface area contributed by atoms with E-state index in [1.54, 1.807) is 6.07 Å². The number of carbonyl (C=O) groups is 1. The van der Waals surface area contributed by atoms with E-state index in [0.29, 0.717) is 22.4 Å². The number of amides is 1. The number of nitrogens with one attached hydrogen (secondary N) is 1. The molecule has 1 saturated carbocycles. The van der Waals surface area contributed by atoms with Crippen molar-refractivity contribution in [3.05, 3.63) is 118 Å². The number of nitrogens with two attached hydrogens (primary N) is 1. The summed E-state index contributed by atoms with van der Waals surface area (Å²) in [6.07, 6.45) is 11.2. The maximum absolute atomic E-state index is 11.2. The number of hydrogen-bond donors (Lipinski definition) is 2. The van der Waals surface area contributed by atoms with Gasteiger partial charge in [-0.3, -0.25) is 9.78 Å². The normalized spacial score (nSPS) is 13.6. The second-order valence-corrected chi connectivity index (χ2v) is 11.9. The molecule has 0 radical (unpaired) electrons. The largest absolute Gasteiger partial charge is 0.376 e. The molecule has 0 saturated heterocycles. The number of benzene rings is 3. The first-order valence-electron chi connectivity index (χ1n) is 14.6. The molecule has 1 amide bonds. The van der Waals surface area contributed by atoms with Crippen LogP contribution in [0.1, 0.15) is 55.0 Å². The molecule has 8 heteroatoms. The Kier molecular flexibility index (Phi) is 8.77. The minimum atomic E-state index is -0.413. The molecule has 43 heavy (non-hydrogen) atoms. The van der Waals surface area contributed by atoms with E-state index in [-0.39, 0.29) is 6.54 Å². The first kappa shape index (κ1) is 29.0. The summed E-state index contributed by atoms with van der Waals surface area (Å²) < 4.78 is 2.07. The van der Waals surface area contributed by atoms with Crippen molar-refractivity contribution >= 4 is 34.8 Å². The first-order chi connectivity index (χ1) is 20.9. The molecule has 5 aromatic rings. The van der Waals surface area contributed by atoms with E-state index in [0.717, 1.165) is 45.3 Å². The van der Waals surface area contributed by atoms with Gasteiger partial charge in [-0.2, -0.15) is 0 Å². The van der Waals surface area contributed by atoms with Crippen molar-refractivity contribution in [2.24, 2.45) is 5.73 Å². The van der Waals surface area contributed by atoms with E-state index in [1.165, 1.54) is 37.7 Å². The van der Waals surface area contributed by atoms with Crippen LogP contribution in [-0.4, -0.2) is 27.0 Å². The highest BCUT2D eigenvalue weighted by atomic mass is 35.5. The zero-order valence-corrected chi connectivity index (χ0v) is 25.3. The highest BCUT2D eigenvalue weighted by Crippen LogP contribution is 2.34. The van der Waals surface area contributed by atoms with Crippen LogP contribution in [-0.2, 0) is 11.2 Å². The van der Waals surface area contributed by atoms with E-state index < -0.39 is 5.91 Å². The fraction of sp³-hybridized carbons (Fsp3) is 0.229. The van der Waals surface area contributed by atoms with E-state index in [9.17, 15) is 4.79 Å². The maximum Gasteiger partial charge on any atom is 0.236 e. The monoisotopic (exact) mass is 609 g/mol. The van der Waals surface area contributed by atoms with Gasteiger partial charge in [0.2, 0.25) is 5.91 Å². The molecule has 1 aliphatic carbocycles. The summed E-state index contributed by atoms with van der Waals surface area (Å²) in [5.74, 6) is 1.10. The van der Waals surface area contributed by atoms with Crippen LogP contribution in [0.25, 0.3) is 28.2 Å². The molecule has 1 aliphatic rings. The van der Waals surface area contributed by atoms with Crippen molar-refractivity contribution in [1.29, 1.82) is 0 Å². The minimum Gasteiger partial charge on any atom is -0.376 e. The summed E-state index contributed by atoms with van der Waals surface area (Å²) >= 11 is 12.7. The predicted molar refractivity (Wildman–Crippen MR) is 175 cm³/mol. The van der Waals surface area contributed by atoms with Gasteiger partial charge in [0, 0.05) is 46.3 Å². The van der Waals surface area contributed by atoms with Crippen LogP contribution >= 0.6 is 23.2 Å². The Morgan fingerprint density at radius 3 is 2.35 bits per heavy atom. The SMILES string of the molecule is NC(=O)CNc1ccc(-n2cc(-c3ccc(Cl)cc3Cl)nc2Cc2ccc(-c3ccc(C4CCCCC4)cn3)cc2)cc1. The van der Waals surface area contributed by atoms with Crippen molar-refractivity contribution in [2.45, 2.75) is 44.4 Å². The Balaban J connectivity index is 1.26. The van der Waals surface area contributed by atoms with E-state index in [1.807, 2.05) is 42.6 Å². The molecule has 0 bridgehead atoms. The molecular weight excluding hydrogens is 577 g/mol. The summed E-state index contributed by atoms with van der Waals surface area (Å²) in [5.41, 5.74) is 13.1. The Morgan fingerprint density at radius 1 is 0.907 bits per heavy atom. The van der Waals surface area contributed by atoms with Gasteiger partial charge in [0.1, 0.15) is 5.82 Å². The summed E-state index contributed by atoms with van der Waals surface area (Å²) in [4.78, 5) is 21.0. The number of rotatable bonds is 9. The molecule has 0 unspecified atom stereocenters. The van der Waals surface area contributed by atoms with Gasteiger partial charge in [0.15, 0.2) is 0 Å². The van der Waals surface area contributed by atoms with Gasteiger partial charge in [-0.15, -0.1) is 0 Å². The van der Waals surface area contributed by atoms with Crippen LogP contribution in [0.2, 0.25) is 10.0 Å². The number of halogens is 2. The summed E-state index contributed by atoms with van der Waals surface area (Å²) in [5, 5.41) is 4.14. The summed E-state index contributed by atoms with van der Waals surface area (Å²) in [7, 11) is 0. The lowest BCUT2D eigenvalue weighted by Gasteiger charge is -2.21. The van der Waals surface area contributed by atoms with Crippen LogP contribution in [0.4, 0.5) is 5.69 Å². The van der Waals surface area contributed by atoms with Crippen molar-refractivity contribution in [2.75, 3.05) is 11.9 Å². The number of anilines is 1. The van der Waals surface area contributed by atoms with Gasteiger partial charge in [-0.1, -0.05) is 72.8 Å². The number of pyridine rings is 1. The standard InChI is InChI=1S/C35H33Cl2N5O/c36-27-11-16-30(31(37)19-27)33-22-42(29-14-12-28(13-15-29)39-21-34(38)43)35(41-33)18-23-6-8-25(9-7-23)32-17-10-26(20-40-32)24-4-2-1-3-5-24/h6-17,19-20,22,24,39H,1-5,18,21H2,(H2,38,43). The van der Waals surface area contributed by atoms with E-state index in [2.05, 4.69) is 52.5 Å². The summed E-state index contributed by atoms with van der Waals surface area (Å²) in [6.45, 7) is 0.0745. The van der Waals surface area contributed by atoms with Crippen LogP contribution in [0.5, 0.6) is 0 Å². The Hall–Kier alpha value is -4.13. The number of nitrogens with zero attached hydrogens (tertiary/aromatic N) is 3. The number of hydrogen-bond acceptors (Lipinski definition) is 4. The average Bonchev–Trinajstić information content (AvgIpc) is 3.44. The average molecular weight is 611 g/mol. The molecule has 0 atom stereocenters. The Morgan fingerprint density at radius 2 is 1.67 bits per heavy atom. The Bertz CT molecular complexity index is 1710. The molecule has 218 valence electrons. The van der Waals surface area contributed by atoms with Crippen LogP contribution in [0, 0.1) is 0 Å². The lowest BCUT2D eigenvalue weighted by atomic mass is 9.85. The van der Waals surface area contributed by atoms with Gasteiger partial charge in [0.05, 0.1) is 23.0 Å². The molecule has 1 fully saturated rings. The second kappa shape index (κ2) is 13.0. The van der Waals surface area contributed by atoms with Crippen molar-refractivity contribution in [3.63, 3.8) is 0 Å². The van der Waals surface area contributed by atoms with Gasteiger partial charge in [-0.05, 0) is 78.4 Å². The van der Waals surface area contributed by atoms with Crippen LogP contribution in [0.15, 0.2) is 91.3 Å². The molecule has 0 spiro atoms. The quantitative estimate of drug-likeness (QED) is 0.175. The van der Waals surface area contributed by atoms with Crippen LogP contribution < -0.4 is 11.1 Å². The lowest BCUT2D eigenvalue weighted by molar-refractivity contribution is -0.116. The molecule has 2 aromatic heterocycles. The number of carbonyl (C=O) groups excluding carboxylic acids is 1. The molecular formula is C35H33Cl2N5O. The third kappa shape index (κ3) is 6.93. The van der Waals surface area contributed by atoms with Gasteiger partial charge in [-0.25, -0.2) is 4.98 Å². The zero-order valence-electron chi connectivity index (χ0n) is 23.8. The van der Waals surface area contributed by atoms with Crippen LogP contribution in [0.3, 0.4) is 0 Å². The number of imidazole rings is 1. The van der Waals surface area contributed by atoms with Gasteiger partial charge in [0.25, 0.3) is 0 Å². The maximum atomic E-state index is 11.2. The third-order valence-corrected chi connectivity index (χ3v) is 8.62. The molecule has 3 N–H and O–H groups in total. The third-order valence-electron chi connectivity index (χ3n) is 8.07. The zero-order chi connectivity index (χ0) is 29.8. The van der Waals surface area contributed by atoms with E-state index >= 15 is 0 Å². The number of primary amides is 1. The van der Waals surface area contributed by atoms with Crippen molar-refractivity contribution < 1.29 is 4.79 Å². The first-order valence-corrected chi connectivity index (χ1v) is 15.4. The highest BCUT2D eigenvalue weighted by Gasteiger charge is 2.17. The minimum absolute atomic E-state index is 0.0745. The molecule has 2 heterocycles. The van der Waals surface area contributed by atoms with E-state index in [4.69, 9.17) is 38.9 Å². The number of aromatic nitrogens is 3. The van der Waals surface area contributed by atoms with Crippen molar-refractivity contribution in [1.82, 2.24) is 14.5 Å². The van der Waals surface area contributed by atoms with Crippen molar-refractivity contribution in [3.8, 4) is 28.2 Å².